The van der Waals surface area contributed by atoms with E-state index < -0.39 is 23.3 Å². The van der Waals surface area contributed by atoms with Crippen molar-refractivity contribution >= 4 is 22.6 Å². The average Bonchev–Trinajstić information content (AvgIpc) is 3.28. The summed E-state index contributed by atoms with van der Waals surface area (Å²) >= 11 is 0. The lowest BCUT2D eigenvalue weighted by Gasteiger charge is -2.30. The first-order valence-corrected chi connectivity index (χ1v) is 14.3. The van der Waals surface area contributed by atoms with Gasteiger partial charge in [-0.05, 0) is 72.9 Å². The Kier molecular flexibility index (Phi) is 6.41. The van der Waals surface area contributed by atoms with Gasteiger partial charge < -0.3 is 15.4 Å². The first kappa shape index (κ1) is 26.3. The molecule has 10 heteroatoms. The van der Waals surface area contributed by atoms with Crippen molar-refractivity contribution in [2.75, 3.05) is 38.1 Å². The number of carbonyl (C=O) groups excluding carboxylic acids is 1. The summed E-state index contributed by atoms with van der Waals surface area (Å²) in [7, 11) is 0. The van der Waals surface area contributed by atoms with Crippen molar-refractivity contribution in [1.82, 2.24) is 20.2 Å². The topological polar surface area (TPSA) is 79.4 Å². The highest BCUT2D eigenvalue weighted by atomic mass is 19.1. The molecule has 2 aliphatic carbocycles. The van der Waals surface area contributed by atoms with Gasteiger partial charge in [0, 0.05) is 31.4 Å². The molecule has 3 fully saturated rings. The number of benzene rings is 2. The molecule has 2 saturated heterocycles. The van der Waals surface area contributed by atoms with E-state index >= 15 is 8.78 Å². The van der Waals surface area contributed by atoms with Crippen LogP contribution in [-0.2, 0) is 11.2 Å². The maximum atomic E-state index is 16.4. The quantitative estimate of drug-likeness (QED) is 0.285. The van der Waals surface area contributed by atoms with Crippen LogP contribution in [0.1, 0.15) is 42.7 Å². The second-order valence-electron chi connectivity index (χ2n) is 11.8. The van der Waals surface area contributed by atoms with E-state index in [1.54, 1.807) is 6.07 Å². The molecule has 2 N–H and O–H groups in total. The minimum atomic E-state index is -0.916. The maximum Gasteiger partial charge on any atom is 0.319 e. The monoisotopic (exact) mass is 563 g/mol. The Hall–Kier alpha value is -3.66. The molecule has 0 spiro atoms. The van der Waals surface area contributed by atoms with Crippen LogP contribution in [0.3, 0.4) is 0 Å². The first-order valence-electron chi connectivity index (χ1n) is 14.3. The summed E-state index contributed by atoms with van der Waals surface area (Å²) in [6.07, 6.45) is 4.38. The van der Waals surface area contributed by atoms with Crippen molar-refractivity contribution in [3.8, 4) is 17.1 Å². The van der Waals surface area contributed by atoms with Crippen molar-refractivity contribution in [3.63, 3.8) is 0 Å². The van der Waals surface area contributed by atoms with E-state index in [0.717, 1.165) is 43.4 Å². The van der Waals surface area contributed by atoms with Gasteiger partial charge in [0.1, 0.15) is 29.9 Å². The molecule has 4 atom stereocenters. The SMILES string of the molecule is C=CC(=O)NCCNc1nc(OC[C@@]23CCCN2C[C@H](F)C3)nc2c(F)c(-c3cccc4c3C3CC3C4)c(F)cc12. The van der Waals surface area contributed by atoms with Crippen molar-refractivity contribution in [1.29, 1.82) is 0 Å². The summed E-state index contributed by atoms with van der Waals surface area (Å²) in [5, 5.41) is 5.90. The summed E-state index contributed by atoms with van der Waals surface area (Å²) in [5.74, 6) is -0.681. The third kappa shape index (κ3) is 4.52. The highest BCUT2D eigenvalue weighted by Gasteiger charge is 2.49. The lowest BCUT2D eigenvalue weighted by molar-refractivity contribution is -0.116. The van der Waals surface area contributed by atoms with Crippen LogP contribution >= 0.6 is 0 Å². The van der Waals surface area contributed by atoms with Crippen LogP contribution in [0.25, 0.3) is 22.0 Å². The van der Waals surface area contributed by atoms with Gasteiger partial charge in [-0.15, -0.1) is 0 Å². The Morgan fingerprint density at radius 2 is 2.15 bits per heavy atom. The number of fused-ring (bicyclic) bond motifs is 5. The van der Waals surface area contributed by atoms with Crippen LogP contribution in [-0.4, -0.2) is 65.3 Å². The highest BCUT2D eigenvalue weighted by molar-refractivity contribution is 5.94. The summed E-state index contributed by atoms with van der Waals surface area (Å²) in [4.78, 5) is 22.6. The predicted molar refractivity (Wildman–Crippen MR) is 150 cm³/mol. The van der Waals surface area contributed by atoms with Gasteiger partial charge in [-0.25, -0.2) is 13.2 Å². The molecule has 7 rings (SSSR count). The van der Waals surface area contributed by atoms with E-state index in [1.165, 1.54) is 12.1 Å². The minimum Gasteiger partial charge on any atom is -0.461 e. The lowest BCUT2D eigenvalue weighted by Crippen LogP contribution is -2.43. The van der Waals surface area contributed by atoms with Gasteiger partial charge in [0.25, 0.3) is 0 Å². The fourth-order valence-corrected chi connectivity index (χ4v) is 7.26. The zero-order chi connectivity index (χ0) is 28.3. The number of hydrogen-bond acceptors (Lipinski definition) is 6. The van der Waals surface area contributed by atoms with E-state index in [4.69, 9.17) is 4.74 Å². The van der Waals surface area contributed by atoms with Gasteiger partial charge in [-0.2, -0.15) is 9.97 Å². The van der Waals surface area contributed by atoms with Crippen LogP contribution in [0, 0.1) is 17.6 Å². The number of carbonyl (C=O) groups is 1. The highest BCUT2D eigenvalue weighted by Crippen LogP contribution is 2.59. The lowest BCUT2D eigenvalue weighted by atomic mass is 9.93. The van der Waals surface area contributed by atoms with Crippen LogP contribution in [0.2, 0.25) is 0 Å². The third-order valence-electron chi connectivity index (χ3n) is 9.24. The van der Waals surface area contributed by atoms with Crippen molar-refractivity contribution in [3.05, 3.63) is 59.7 Å². The fraction of sp³-hybridized carbons (Fsp3) is 0.452. The first-order chi connectivity index (χ1) is 19.9. The fourth-order valence-electron chi connectivity index (χ4n) is 7.26. The molecule has 0 bridgehead atoms. The Labute approximate surface area is 236 Å². The van der Waals surface area contributed by atoms with E-state index in [0.29, 0.717) is 30.4 Å². The summed E-state index contributed by atoms with van der Waals surface area (Å²) in [5.41, 5.74) is 2.20. The predicted octanol–water partition coefficient (Wildman–Crippen LogP) is 4.90. The van der Waals surface area contributed by atoms with E-state index in [2.05, 4.69) is 32.1 Å². The molecular weight excluding hydrogens is 531 g/mol. The van der Waals surface area contributed by atoms with Crippen LogP contribution in [0.15, 0.2) is 36.9 Å². The molecule has 0 radical (unpaired) electrons. The van der Waals surface area contributed by atoms with Crippen LogP contribution < -0.4 is 15.4 Å². The van der Waals surface area contributed by atoms with E-state index in [1.807, 2.05) is 12.1 Å². The smallest absolute Gasteiger partial charge is 0.319 e. The Bertz CT molecular complexity index is 1560. The average molecular weight is 564 g/mol. The number of anilines is 1. The number of hydrogen-bond donors (Lipinski definition) is 2. The Morgan fingerprint density at radius 3 is 3.00 bits per heavy atom. The number of nitrogens with one attached hydrogen (secondary N) is 2. The number of nitrogens with zero attached hydrogens (tertiary/aromatic N) is 3. The standard InChI is InChI=1S/C31H32F3N5O2/c1-2-24(40)35-8-9-36-29-22-13-23(33)26(20-6-3-5-17-11-18-12-21(18)25(17)20)27(34)28(22)37-30(38-29)41-16-31-7-4-10-39(31)15-19(32)14-31/h2-3,5-6,13,18-19,21H,1,4,7-12,14-16H2,(H,35,40)(H,36,37,38)/t18?,19-,21?,31+/m1/s1. The molecule has 3 heterocycles. The van der Waals surface area contributed by atoms with Gasteiger partial charge in [0.15, 0.2) is 5.82 Å². The van der Waals surface area contributed by atoms with E-state index in [9.17, 15) is 9.18 Å². The molecule has 2 unspecified atom stereocenters. The van der Waals surface area contributed by atoms with Gasteiger partial charge in [-0.3, -0.25) is 9.69 Å². The molecule has 4 aliphatic rings. The summed E-state index contributed by atoms with van der Waals surface area (Å²) < 4.78 is 52.5. The molecule has 3 aromatic rings. The van der Waals surface area contributed by atoms with Crippen molar-refractivity contribution in [2.45, 2.75) is 49.7 Å². The molecule has 1 amide bonds. The summed E-state index contributed by atoms with van der Waals surface area (Å²) in [6, 6.07) is 6.89. The zero-order valence-corrected chi connectivity index (χ0v) is 22.7. The van der Waals surface area contributed by atoms with E-state index in [-0.39, 0.29) is 53.9 Å². The normalized spacial score (nSPS) is 26.0. The second-order valence-corrected chi connectivity index (χ2v) is 11.8. The number of amides is 1. The molecule has 41 heavy (non-hydrogen) atoms. The zero-order valence-electron chi connectivity index (χ0n) is 22.7. The number of alkyl halides is 1. The van der Waals surface area contributed by atoms with Gasteiger partial charge in [0.2, 0.25) is 5.91 Å². The molecule has 1 aromatic heterocycles. The molecule has 2 aromatic carbocycles. The molecule has 214 valence electrons. The number of rotatable bonds is 9. The molecular formula is C31H32F3N5O2. The maximum absolute atomic E-state index is 16.4. The van der Waals surface area contributed by atoms with Crippen LogP contribution in [0.5, 0.6) is 6.01 Å². The number of ether oxygens (including phenoxy) is 1. The minimum absolute atomic E-state index is 0.0532. The van der Waals surface area contributed by atoms with Crippen molar-refractivity contribution in [2.24, 2.45) is 5.92 Å². The van der Waals surface area contributed by atoms with Gasteiger partial charge in [-0.1, -0.05) is 24.8 Å². The van der Waals surface area contributed by atoms with Gasteiger partial charge in [0.05, 0.1) is 11.1 Å². The molecule has 7 nitrogen and oxygen atoms in total. The number of halogens is 3. The number of aromatic nitrogens is 2. The second kappa shape index (κ2) is 10.0. The van der Waals surface area contributed by atoms with Gasteiger partial charge >= 0.3 is 6.01 Å². The third-order valence-corrected chi connectivity index (χ3v) is 9.24. The Balaban J connectivity index is 1.27. The Morgan fingerprint density at radius 1 is 1.27 bits per heavy atom. The largest absolute Gasteiger partial charge is 0.461 e. The van der Waals surface area contributed by atoms with Crippen molar-refractivity contribution < 1.29 is 22.7 Å². The van der Waals surface area contributed by atoms with Crippen LogP contribution in [0.4, 0.5) is 19.0 Å². The molecule has 2 aliphatic heterocycles. The summed E-state index contributed by atoms with van der Waals surface area (Å²) in [6.45, 7) is 5.29. The molecule has 1 saturated carbocycles.